The number of likely N-dealkylation sites (tertiary alicyclic amines) is 1. The number of hydrogen-bond acceptors (Lipinski definition) is 3. The lowest BCUT2D eigenvalue weighted by Gasteiger charge is -2.39. The topological polar surface area (TPSA) is 46.3 Å². The van der Waals surface area contributed by atoms with E-state index in [1.165, 1.54) is 17.7 Å². The number of piperidine rings is 1. The number of carbonyl (C=O) groups excluding carboxylic acids is 1. The van der Waals surface area contributed by atoms with Crippen LogP contribution in [0.3, 0.4) is 0 Å². The first-order chi connectivity index (χ1) is 12.1. The fourth-order valence-electron chi connectivity index (χ4n) is 3.48. The third kappa shape index (κ3) is 4.53. The molecule has 2 N–H and O–H groups in total. The monoisotopic (exact) mass is 340 g/mol. The molecule has 0 amide bonds. The predicted molar refractivity (Wildman–Crippen MR) is 97.9 cm³/mol. The highest BCUT2D eigenvalue weighted by molar-refractivity contribution is 5.95. The van der Waals surface area contributed by atoms with E-state index in [0.29, 0.717) is 12.0 Å². The second-order valence-electron chi connectivity index (χ2n) is 6.90. The Morgan fingerprint density at radius 2 is 1.68 bits per heavy atom. The van der Waals surface area contributed by atoms with Crippen LogP contribution in [0.15, 0.2) is 54.6 Å². The van der Waals surface area contributed by atoms with Crippen LogP contribution in [0.2, 0.25) is 0 Å². The molecule has 0 spiro atoms. The molecule has 0 saturated carbocycles. The number of Topliss-reactive ketones (excluding diaryl/α,β-unsaturated/α-hetero) is 1. The van der Waals surface area contributed by atoms with Crippen LogP contribution in [0.5, 0.6) is 0 Å². The van der Waals surface area contributed by atoms with Crippen molar-refractivity contribution in [3.8, 4) is 0 Å². The molecule has 0 aromatic heterocycles. The Morgan fingerprint density at radius 3 is 2.32 bits per heavy atom. The van der Waals surface area contributed by atoms with Crippen LogP contribution in [0.25, 0.3) is 0 Å². The van der Waals surface area contributed by atoms with Gasteiger partial charge in [-0.3, -0.25) is 4.79 Å². The molecule has 25 heavy (non-hydrogen) atoms. The summed E-state index contributed by atoms with van der Waals surface area (Å²) < 4.78 is 12.9. The molecule has 1 aliphatic rings. The molecule has 0 radical (unpaired) electrons. The van der Waals surface area contributed by atoms with E-state index in [-0.39, 0.29) is 17.1 Å². The first-order valence-corrected chi connectivity index (χ1v) is 8.92. The molecule has 3 nitrogen and oxygen atoms in total. The molecule has 1 heterocycles. The summed E-state index contributed by atoms with van der Waals surface area (Å²) in [6.07, 6.45) is 3.18. The second-order valence-corrected chi connectivity index (χ2v) is 6.90. The minimum Gasteiger partial charge on any atom is -0.321 e. The standard InChI is InChI=1S/C21H25FN2O/c22-19-10-8-17(9-11-19)20(25)7-4-14-24-15-12-21(23,13-16-24)18-5-2-1-3-6-18/h1-3,5-6,8-11H,4,7,12-16,23H2. The van der Waals surface area contributed by atoms with E-state index < -0.39 is 0 Å². The largest absolute Gasteiger partial charge is 0.321 e. The number of benzene rings is 2. The maximum absolute atomic E-state index is 12.9. The van der Waals surface area contributed by atoms with Gasteiger partial charge in [0.2, 0.25) is 0 Å². The van der Waals surface area contributed by atoms with Crippen LogP contribution >= 0.6 is 0 Å². The van der Waals surface area contributed by atoms with E-state index in [0.717, 1.165) is 38.9 Å². The van der Waals surface area contributed by atoms with Crippen molar-refractivity contribution in [2.24, 2.45) is 5.73 Å². The van der Waals surface area contributed by atoms with Crippen LogP contribution in [0.4, 0.5) is 4.39 Å². The average molecular weight is 340 g/mol. The summed E-state index contributed by atoms with van der Waals surface area (Å²) in [6.45, 7) is 2.81. The van der Waals surface area contributed by atoms with Crippen molar-refractivity contribution >= 4 is 5.78 Å². The Hall–Kier alpha value is -2.04. The van der Waals surface area contributed by atoms with Crippen LogP contribution in [-0.2, 0) is 5.54 Å². The van der Waals surface area contributed by atoms with Crippen molar-refractivity contribution < 1.29 is 9.18 Å². The minimum absolute atomic E-state index is 0.0782. The smallest absolute Gasteiger partial charge is 0.162 e. The van der Waals surface area contributed by atoms with Gasteiger partial charge in [-0.15, -0.1) is 0 Å². The number of nitrogens with zero attached hydrogens (tertiary/aromatic N) is 1. The van der Waals surface area contributed by atoms with Gasteiger partial charge in [0.1, 0.15) is 5.82 Å². The van der Waals surface area contributed by atoms with E-state index in [4.69, 9.17) is 5.73 Å². The van der Waals surface area contributed by atoms with Gasteiger partial charge in [0.15, 0.2) is 5.78 Å². The SMILES string of the molecule is NC1(c2ccccc2)CCN(CCCC(=O)c2ccc(F)cc2)CC1. The van der Waals surface area contributed by atoms with Gasteiger partial charge in [0.05, 0.1) is 0 Å². The Morgan fingerprint density at radius 1 is 1.04 bits per heavy atom. The zero-order chi connectivity index (χ0) is 17.7. The van der Waals surface area contributed by atoms with Crippen molar-refractivity contribution in [1.29, 1.82) is 0 Å². The van der Waals surface area contributed by atoms with Crippen molar-refractivity contribution in [3.05, 3.63) is 71.5 Å². The lowest BCUT2D eigenvalue weighted by molar-refractivity contribution is 0.0967. The van der Waals surface area contributed by atoms with E-state index in [2.05, 4.69) is 17.0 Å². The average Bonchev–Trinajstić information content (AvgIpc) is 2.65. The molecule has 1 fully saturated rings. The molecule has 2 aromatic carbocycles. The summed E-state index contributed by atoms with van der Waals surface area (Å²) in [7, 11) is 0. The summed E-state index contributed by atoms with van der Waals surface area (Å²) >= 11 is 0. The number of ketones is 1. The highest BCUT2D eigenvalue weighted by atomic mass is 19.1. The molecule has 132 valence electrons. The van der Waals surface area contributed by atoms with Gasteiger partial charge < -0.3 is 10.6 Å². The number of hydrogen-bond donors (Lipinski definition) is 1. The van der Waals surface area contributed by atoms with Crippen molar-refractivity contribution in [2.45, 2.75) is 31.2 Å². The van der Waals surface area contributed by atoms with Gasteiger partial charge in [0, 0.05) is 30.6 Å². The van der Waals surface area contributed by atoms with Crippen molar-refractivity contribution in [3.63, 3.8) is 0 Å². The molecule has 0 bridgehead atoms. The summed E-state index contributed by atoms with van der Waals surface area (Å²) in [5.74, 6) is -0.233. The molecule has 0 atom stereocenters. The van der Waals surface area contributed by atoms with Crippen LogP contribution in [0, 0.1) is 5.82 Å². The highest BCUT2D eigenvalue weighted by Crippen LogP contribution is 2.30. The third-order valence-electron chi connectivity index (χ3n) is 5.14. The maximum atomic E-state index is 12.9. The van der Waals surface area contributed by atoms with Crippen molar-refractivity contribution in [1.82, 2.24) is 4.90 Å². The fourth-order valence-corrected chi connectivity index (χ4v) is 3.48. The zero-order valence-corrected chi connectivity index (χ0v) is 14.5. The van der Waals surface area contributed by atoms with E-state index >= 15 is 0 Å². The molecule has 3 rings (SSSR count). The van der Waals surface area contributed by atoms with Gasteiger partial charge in [-0.1, -0.05) is 30.3 Å². The van der Waals surface area contributed by atoms with E-state index in [1.54, 1.807) is 12.1 Å². The molecule has 4 heteroatoms. The molecular formula is C21H25FN2O. The maximum Gasteiger partial charge on any atom is 0.162 e. The second kappa shape index (κ2) is 7.89. The molecule has 2 aromatic rings. The quantitative estimate of drug-likeness (QED) is 0.815. The number of nitrogens with two attached hydrogens (primary N) is 1. The van der Waals surface area contributed by atoms with Gasteiger partial charge in [-0.05, 0) is 55.6 Å². The zero-order valence-electron chi connectivity index (χ0n) is 14.5. The Balaban J connectivity index is 1.44. The van der Waals surface area contributed by atoms with E-state index in [1.807, 2.05) is 18.2 Å². The minimum atomic E-state index is -0.312. The Bertz CT molecular complexity index is 692. The van der Waals surface area contributed by atoms with Gasteiger partial charge in [-0.2, -0.15) is 0 Å². The Labute approximate surface area is 148 Å². The number of halogens is 1. The molecule has 1 aliphatic heterocycles. The molecule has 0 unspecified atom stereocenters. The van der Waals surface area contributed by atoms with Gasteiger partial charge in [0.25, 0.3) is 0 Å². The summed E-state index contributed by atoms with van der Waals surface area (Å²) in [6, 6.07) is 16.1. The van der Waals surface area contributed by atoms with Crippen LogP contribution in [0.1, 0.15) is 41.6 Å². The van der Waals surface area contributed by atoms with Crippen LogP contribution < -0.4 is 5.73 Å². The lowest BCUT2D eigenvalue weighted by atomic mass is 9.82. The molecule has 0 aliphatic carbocycles. The summed E-state index contributed by atoms with van der Waals surface area (Å²) in [4.78, 5) is 14.5. The summed E-state index contributed by atoms with van der Waals surface area (Å²) in [5.41, 5.74) is 8.16. The highest BCUT2D eigenvalue weighted by Gasteiger charge is 2.31. The van der Waals surface area contributed by atoms with Crippen LogP contribution in [-0.4, -0.2) is 30.3 Å². The summed E-state index contributed by atoms with van der Waals surface area (Å²) in [5, 5.41) is 0. The lowest BCUT2D eigenvalue weighted by Crippen LogP contribution is -2.48. The predicted octanol–water partition coefficient (Wildman–Crippen LogP) is 3.74. The fraction of sp³-hybridized carbons (Fsp3) is 0.381. The molecular weight excluding hydrogens is 315 g/mol. The first-order valence-electron chi connectivity index (χ1n) is 8.92. The normalized spacial score (nSPS) is 17.4. The first kappa shape index (κ1) is 17.8. The van der Waals surface area contributed by atoms with Gasteiger partial charge in [-0.25, -0.2) is 4.39 Å². The van der Waals surface area contributed by atoms with Gasteiger partial charge >= 0.3 is 0 Å². The molecule has 1 saturated heterocycles. The van der Waals surface area contributed by atoms with E-state index in [9.17, 15) is 9.18 Å². The van der Waals surface area contributed by atoms with Crippen molar-refractivity contribution in [2.75, 3.05) is 19.6 Å². The Kier molecular flexibility index (Phi) is 5.61. The third-order valence-corrected chi connectivity index (χ3v) is 5.14. The number of carbonyl (C=O) groups is 1. The number of rotatable bonds is 6.